The van der Waals surface area contributed by atoms with Gasteiger partial charge in [-0.3, -0.25) is 9.89 Å². The average Bonchev–Trinajstić information content (AvgIpc) is 2.61. The van der Waals surface area contributed by atoms with E-state index in [1.165, 1.54) is 0 Å². The number of nitrogens with zero attached hydrogens (tertiary/aromatic N) is 1. The van der Waals surface area contributed by atoms with Crippen molar-refractivity contribution in [3.8, 4) is 5.69 Å². The summed E-state index contributed by atoms with van der Waals surface area (Å²) in [6, 6.07) is 7.90. The van der Waals surface area contributed by atoms with Crippen LogP contribution in [-0.4, -0.2) is 9.78 Å². The molecule has 0 saturated carbocycles. The fourth-order valence-corrected chi connectivity index (χ4v) is 1.81. The summed E-state index contributed by atoms with van der Waals surface area (Å²) in [5, 5.41) is 3.01. The van der Waals surface area contributed by atoms with E-state index in [1.807, 2.05) is 31.2 Å². The highest BCUT2D eigenvalue weighted by atomic mass is 16.1. The molecule has 1 heterocycles. The van der Waals surface area contributed by atoms with Crippen LogP contribution in [0.25, 0.3) is 5.69 Å². The molecule has 0 amide bonds. The van der Waals surface area contributed by atoms with E-state index in [0.717, 1.165) is 29.7 Å². The number of aromatic nitrogens is 2. The predicted molar refractivity (Wildman–Crippen MR) is 65.1 cm³/mol. The third kappa shape index (κ3) is 1.94. The molecule has 0 spiro atoms. The van der Waals surface area contributed by atoms with E-state index in [9.17, 15) is 4.79 Å². The lowest BCUT2D eigenvalue weighted by Gasteiger charge is -2.01. The molecule has 3 heteroatoms. The zero-order valence-corrected chi connectivity index (χ0v) is 9.66. The highest BCUT2D eigenvalue weighted by Crippen LogP contribution is 2.07. The third-order valence-corrected chi connectivity index (χ3v) is 2.62. The van der Waals surface area contributed by atoms with Gasteiger partial charge in [0.1, 0.15) is 0 Å². The molecule has 0 saturated heterocycles. The Kier molecular flexibility index (Phi) is 2.95. The molecule has 2 aromatic rings. The molecule has 16 heavy (non-hydrogen) atoms. The fourth-order valence-electron chi connectivity index (χ4n) is 1.81. The van der Waals surface area contributed by atoms with Gasteiger partial charge in [-0.1, -0.05) is 25.5 Å². The molecule has 0 radical (unpaired) electrons. The van der Waals surface area contributed by atoms with Gasteiger partial charge in [-0.15, -0.1) is 0 Å². The van der Waals surface area contributed by atoms with Crippen molar-refractivity contribution in [1.29, 1.82) is 0 Å². The summed E-state index contributed by atoms with van der Waals surface area (Å²) in [5.74, 6) is 0. The summed E-state index contributed by atoms with van der Waals surface area (Å²) in [4.78, 5) is 12.0. The van der Waals surface area contributed by atoms with Crippen molar-refractivity contribution in [3.63, 3.8) is 0 Å². The minimum absolute atomic E-state index is 0.0625. The molecule has 3 nitrogen and oxygen atoms in total. The Bertz CT molecular complexity index is 537. The quantitative estimate of drug-likeness (QED) is 0.840. The van der Waals surface area contributed by atoms with Crippen LogP contribution in [0.4, 0.5) is 0 Å². The third-order valence-electron chi connectivity index (χ3n) is 2.62. The lowest BCUT2D eigenvalue weighted by molar-refractivity contribution is 0.840. The number of rotatable bonds is 3. The lowest BCUT2D eigenvalue weighted by atomic mass is 10.2. The lowest BCUT2D eigenvalue weighted by Crippen LogP contribution is -2.17. The second-order valence-corrected chi connectivity index (χ2v) is 4.03. The van der Waals surface area contributed by atoms with Crippen molar-refractivity contribution in [3.05, 3.63) is 51.9 Å². The van der Waals surface area contributed by atoms with Crippen molar-refractivity contribution in [2.45, 2.75) is 26.7 Å². The summed E-state index contributed by atoms with van der Waals surface area (Å²) in [6.45, 7) is 4.09. The van der Waals surface area contributed by atoms with E-state index >= 15 is 0 Å². The van der Waals surface area contributed by atoms with E-state index in [-0.39, 0.29) is 5.56 Å². The van der Waals surface area contributed by atoms with Gasteiger partial charge in [0.05, 0.1) is 5.69 Å². The van der Waals surface area contributed by atoms with Crippen molar-refractivity contribution in [2.24, 2.45) is 0 Å². The number of aryl methyl sites for hydroxylation is 2. The van der Waals surface area contributed by atoms with Gasteiger partial charge in [0.2, 0.25) is 0 Å². The van der Waals surface area contributed by atoms with E-state index in [1.54, 1.807) is 10.9 Å². The summed E-state index contributed by atoms with van der Waals surface area (Å²) in [5.41, 5.74) is 2.96. The minimum Gasteiger partial charge on any atom is -0.298 e. The van der Waals surface area contributed by atoms with Gasteiger partial charge in [0, 0.05) is 11.8 Å². The van der Waals surface area contributed by atoms with Crippen LogP contribution in [0.5, 0.6) is 0 Å². The summed E-state index contributed by atoms with van der Waals surface area (Å²) in [6.07, 6.45) is 3.61. The number of benzene rings is 1. The van der Waals surface area contributed by atoms with E-state index < -0.39 is 0 Å². The van der Waals surface area contributed by atoms with Crippen LogP contribution in [-0.2, 0) is 6.42 Å². The Morgan fingerprint density at radius 1 is 1.38 bits per heavy atom. The van der Waals surface area contributed by atoms with Gasteiger partial charge in [0.15, 0.2) is 0 Å². The maximum absolute atomic E-state index is 12.0. The molecule has 0 aliphatic rings. The van der Waals surface area contributed by atoms with Crippen molar-refractivity contribution >= 4 is 0 Å². The average molecular weight is 216 g/mol. The predicted octanol–water partition coefficient (Wildman–Crippen LogP) is 2.43. The number of H-pyrrole nitrogens is 1. The first-order valence-electron chi connectivity index (χ1n) is 5.58. The first-order chi connectivity index (χ1) is 7.72. The standard InChI is InChI=1S/C13H16N2O/c1-3-5-11-9-14-15(13(11)16)12-7-4-6-10(2)8-12/h4,6-9,14H,3,5H2,1-2H3. The van der Waals surface area contributed by atoms with Gasteiger partial charge in [-0.2, -0.15) is 0 Å². The van der Waals surface area contributed by atoms with E-state index in [4.69, 9.17) is 0 Å². The molecule has 0 atom stereocenters. The zero-order chi connectivity index (χ0) is 11.5. The Morgan fingerprint density at radius 3 is 2.88 bits per heavy atom. The monoisotopic (exact) mass is 216 g/mol. The highest BCUT2D eigenvalue weighted by Gasteiger charge is 2.06. The summed E-state index contributed by atoms with van der Waals surface area (Å²) < 4.78 is 1.60. The van der Waals surface area contributed by atoms with Gasteiger partial charge in [-0.05, 0) is 31.0 Å². The number of aromatic amines is 1. The fraction of sp³-hybridized carbons (Fsp3) is 0.308. The van der Waals surface area contributed by atoms with Gasteiger partial charge < -0.3 is 0 Å². The maximum atomic E-state index is 12.0. The molecule has 1 aromatic carbocycles. The molecule has 2 rings (SSSR count). The van der Waals surface area contributed by atoms with Gasteiger partial charge in [-0.25, -0.2) is 4.68 Å². The van der Waals surface area contributed by atoms with Crippen molar-refractivity contribution in [2.75, 3.05) is 0 Å². The Hall–Kier alpha value is -1.77. The molecular weight excluding hydrogens is 200 g/mol. The van der Waals surface area contributed by atoms with E-state index in [0.29, 0.717) is 0 Å². The van der Waals surface area contributed by atoms with Crippen LogP contribution in [0.15, 0.2) is 35.3 Å². The molecule has 0 aliphatic carbocycles. The second-order valence-electron chi connectivity index (χ2n) is 4.03. The second kappa shape index (κ2) is 4.39. The molecule has 0 fully saturated rings. The topological polar surface area (TPSA) is 37.8 Å². The molecule has 0 aliphatic heterocycles. The summed E-state index contributed by atoms with van der Waals surface area (Å²) in [7, 11) is 0. The van der Waals surface area contributed by atoms with Crippen LogP contribution in [0, 0.1) is 6.92 Å². The van der Waals surface area contributed by atoms with Crippen LogP contribution < -0.4 is 5.56 Å². The van der Waals surface area contributed by atoms with Gasteiger partial charge in [0.25, 0.3) is 5.56 Å². The molecule has 0 unspecified atom stereocenters. The smallest absolute Gasteiger partial charge is 0.274 e. The maximum Gasteiger partial charge on any atom is 0.274 e. The first kappa shape index (κ1) is 10.7. The van der Waals surface area contributed by atoms with Crippen LogP contribution in [0.1, 0.15) is 24.5 Å². The summed E-state index contributed by atoms with van der Waals surface area (Å²) >= 11 is 0. The normalized spacial score (nSPS) is 10.6. The molecule has 84 valence electrons. The Labute approximate surface area is 94.7 Å². The van der Waals surface area contributed by atoms with E-state index in [2.05, 4.69) is 12.0 Å². The molecule has 1 N–H and O–H groups in total. The van der Waals surface area contributed by atoms with Gasteiger partial charge >= 0.3 is 0 Å². The zero-order valence-electron chi connectivity index (χ0n) is 9.66. The van der Waals surface area contributed by atoms with Crippen LogP contribution in [0.3, 0.4) is 0 Å². The first-order valence-corrected chi connectivity index (χ1v) is 5.58. The van der Waals surface area contributed by atoms with Crippen molar-refractivity contribution in [1.82, 2.24) is 9.78 Å². The number of hydrogen-bond acceptors (Lipinski definition) is 1. The molecule has 0 bridgehead atoms. The van der Waals surface area contributed by atoms with Crippen LogP contribution in [0.2, 0.25) is 0 Å². The largest absolute Gasteiger partial charge is 0.298 e. The molecular formula is C13H16N2O. The van der Waals surface area contributed by atoms with Crippen molar-refractivity contribution < 1.29 is 0 Å². The number of nitrogens with one attached hydrogen (secondary N) is 1. The number of hydrogen-bond donors (Lipinski definition) is 1. The van der Waals surface area contributed by atoms with Crippen LogP contribution >= 0.6 is 0 Å². The SMILES string of the molecule is CCCc1c[nH]n(-c2cccc(C)c2)c1=O. The Morgan fingerprint density at radius 2 is 2.19 bits per heavy atom. The molecule has 1 aromatic heterocycles. The highest BCUT2D eigenvalue weighted by molar-refractivity contribution is 5.35. The Balaban J connectivity index is 2.45. The minimum atomic E-state index is 0.0625.